The summed E-state index contributed by atoms with van der Waals surface area (Å²) in [5.74, 6) is -2.20. The average Bonchev–Trinajstić information content (AvgIpc) is 3.00. The lowest BCUT2D eigenvalue weighted by Crippen LogP contribution is -2.47. The van der Waals surface area contributed by atoms with Gasteiger partial charge in [0, 0.05) is 20.2 Å². The third-order valence-electron chi connectivity index (χ3n) is 6.27. The largest absolute Gasteiger partial charge is 0.383 e. The molecule has 2 fully saturated rings. The highest BCUT2D eigenvalue weighted by atomic mass is 16.5. The summed E-state index contributed by atoms with van der Waals surface area (Å²) in [6.45, 7) is 1.80. The third kappa shape index (κ3) is 4.47. The van der Waals surface area contributed by atoms with Crippen molar-refractivity contribution in [2.24, 2.45) is 11.8 Å². The molecule has 0 unspecified atom stereocenters. The van der Waals surface area contributed by atoms with Crippen molar-refractivity contribution in [1.82, 2.24) is 14.5 Å². The molecule has 11 heteroatoms. The standard InChI is InChI=1S/C21H31N5O6/c1-3-4-9-25-17(22)16(18(28)23-21(25)31)24(10-11-32-2)15(27)12-26-19(29)13-7-5-6-8-14(13)20(26)30/h13-14H,3-12,22H2,1-2H3,(H,23,28,31)/t13-,14-/m1/s1. The summed E-state index contributed by atoms with van der Waals surface area (Å²) in [4.78, 5) is 68.0. The van der Waals surface area contributed by atoms with Gasteiger partial charge in [-0.1, -0.05) is 26.2 Å². The minimum atomic E-state index is -0.808. The van der Waals surface area contributed by atoms with E-state index < -0.39 is 23.7 Å². The van der Waals surface area contributed by atoms with Gasteiger partial charge in [-0.3, -0.25) is 33.6 Å². The van der Waals surface area contributed by atoms with E-state index >= 15 is 0 Å². The Hall–Kier alpha value is -2.95. The normalized spacial score (nSPS) is 20.5. The Morgan fingerprint density at radius 1 is 1.16 bits per heavy atom. The number of H-pyrrole nitrogens is 1. The minimum absolute atomic E-state index is 0.0301. The van der Waals surface area contributed by atoms with Crippen molar-refractivity contribution in [3.63, 3.8) is 0 Å². The molecule has 1 saturated carbocycles. The number of aromatic nitrogens is 2. The van der Waals surface area contributed by atoms with Crippen LogP contribution in [0.1, 0.15) is 45.4 Å². The predicted molar refractivity (Wildman–Crippen MR) is 117 cm³/mol. The smallest absolute Gasteiger partial charge is 0.330 e. The van der Waals surface area contributed by atoms with Crippen LogP contribution < -0.4 is 21.9 Å². The molecule has 3 N–H and O–H groups in total. The van der Waals surface area contributed by atoms with Gasteiger partial charge < -0.3 is 15.4 Å². The first-order valence-electron chi connectivity index (χ1n) is 11.1. The minimum Gasteiger partial charge on any atom is -0.383 e. The van der Waals surface area contributed by atoms with Crippen molar-refractivity contribution in [3.05, 3.63) is 20.8 Å². The summed E-state index contributed by atoms with van der Waals surface area (Å²) in [7, 11) is 1.44. The number of ether oxygens (including phenoxy) is 1. The van der Waals surface area contributed by atoms with Gasteiger partial charge in [-0.2, -0.15) is 0 Å². The van der Waals surface area contributed by atoms with Crippen molar-refractivity contribution in [1.29, 1.82) is 0 Å². The lowest BCUT2D eigenvalue weighted by atomic mass is 9.81. The number of nitrogen functional groups attached to an aromatic ring is 1. The van der Waals surface area contributed by atoms with E-state index in [1.807, 2.05) is 6.92 Å². The summed E-state index contributed by atoms with van der Waals surface area (Å²) in [5, 5.41) is 0. The van der Waals surface area contributed by atoms with E-state index in [-0.39, 0.29) is 54.9 Å². The van der Waals surface area contributed by atoms with Gasteiger partial charge in [0.25, 0.3) is 5.56 Å². The maximum Gasteiger partial charge on any atom is 0.330 e. The summed E-state index contributed by atoms with van der Waals surface area (Å²) in [6.07, 6.45) is 4.50. The fourth-order valence-corrected chi connectivity index (χ4v) is 4.53. The second-order valence-electron chi connectivity index (χ2n) is 8.30. The fraction of sp³-hybridized carbons (Fsp3) is 0.667. The zero-order chi connectivity index (χ0) is 23.4. The Bertz CT molecular complexity index is 975. The fourth-order valence-electron chi connectivity index (χ4n) is 4.53. The van der Waals surface area contributed by atoms with E-state index in [1.165, 1.54) is 11.7 Å². The highest BCUT2D eigenvalue weighted by molar-refractivity contribution is 6.09. The van der Waals surface area contributed by atoms with Crippen LogP contribution in [0.3, 0.4) is 0 Å². The molecule has 32 heavy (non-hydrogen) atoms. The molecule has 1 aliphatic carbocycles. The first-order chi connectivity index (χ1) is 15.3. The van der Waals surface area contributed by atoms with Crippen LogP contribution in [0.5, 0.6) is 0 Å². The maximum absolute atomic E-state index is 13.2. The van der Waals surface area contributed by atoms with Crippen molar-refractivity contribution in [2.75, 3.05) is 37.4 Å². The molecular weight excluding hydrogens is 418 g/mol. The number of likely N-dealkylation sites (tertiary alicyclic amines) is 1. The van der Waals surface area contributed by atoms with E-state index in [2.05, 4.69) is 4.98 Å². The number of fused-ring (bicyclic) bond motifs is 1. The van der Waals surface area contributed by atoms with Crippen LogP contribution >= 0.6 is 0 Å². The molecular formula is C21H31N5O6. The summed E-state index contributed by atoms with van der Waals surface area (Å²) in [6, 6.07) is 0. The number of unbranched alkanes of at least 4 members (excludes halogenated alkanes) is 1. The van der Waals surface area contributed by atoms with Crippen molar-refractivity contribution in [2.45, 2.75) is 52.0 Å². The van der Waals surface area contributed by atoms with Gasteiger partial charge in [0.05, 0.1) is 18.4 Å². The number of hydrogen-bond acceptors (Lipinski definition) is 7. The molecule has 176 valence electrons. The van der Waals surface area contributed by atoms with Crippen LogP contribution in [0.4, 0.5) is 11.5 Å². The molecule has 0 spiro atoms. The second-order valence-corrected chi connectivity index (χ2v) is 8.30. The van der Waals surface area contributed by atoms with Crippen molar-refractivity contribution >= 4 is 29.2 Å². The molecule has 0 aromatic carbocycles. The van der Waals surface area contributed by atoms with E-state index in [0.29, 0.717) is 19.3 Å². The van der Waals surface area contributed by atoms with Gasteiger partial charge in [0.1, 0.15) is 12.4 Å². The Balaban J connectivity index is 1.92. The van der Waals surface area contributed by atoms with E-state index in [1.54, 1.807) is 0 Å². The topological polar surface area (TPSA) is 148 Å². The highest BCUT2D eigenvalue weighted by Gasteiger charge is 2.49. The van der Waals surface area contributed by atoms with Crippen LogP contribution in [-0.4, -0.2) is 59.0 Å². The number of anilines is 2. The molecule has 1 aliphatic heterocycles. The number of aromatic amines is 1. The van der Waals surface area contributed by atoms with E-state index in [9.17, 15) is 24.0 Å². The summed E-state index contributed by atoms with van der Waals surface area (Å²) < 4.78 is 6.29. The van der Waals surface area contributed by atoms with Crippen molar-refractivity contribution < 1.29 is 19.1 Å². The number of imide groups is 1. The van der Waals surface area contributed by atoms with Crippen LogP contribution in [-0.2, 0) is 25.7 Å². The van der Waals surface area contributed by atoms with Gasteiger partial charge in [-0.25, -0.2) is 4.79 Å². The number of rotatable bonds is 9. The molecule has 2 aliphatic rings. The number of carbonyl (C=O) groups excluding carboxylic acids is 3. The first-order valence-corrected chi connectivity index (χ1v) is 11.1. The Labute approximate surface area is 185 Å². The van der Waals surface area contributed by atoms with E-state index in [0.717, 1.165) is 29.1 Å². The maximum atomic E-state index is 13.2. The van der Waals surface area contributed by atoms with Crippen LogP contribution in [0.15, 0.2) is 9.59 Å². The number of carbonyl (C=O) groups is 3. The molecule has 3 rings (SSSR count). The van der Waals surface area contributed by atoms with Gasteiger partial charge in [0.15, 0.2) is 5.69 Å². The van der Waals surface area contributed by atoms with Gasteiger partial charge in [0.2, 0.25) is 17.7 Å². The number of nitrogens with one attached hydrogen (secondary N) is 1. The average molecular weight is 450 g/mol. The zero-order valence-corrected chi connectivity index (χ0v) is 18.6. The lowest BCUT2D eigenvalue weighted by molar-refractivity contribution is -0.143. The number of nitrogens with two attached hydrogens (primary N) is 1. The number of nitrogens with zero attached hydrogens (tertiary/aromatic N) is 3. The van der Waals surface area contributed by atoms with Crippen molar-refractivity contribution in [3.8, 4) is 0 Å². The van der Waals surface area contributed by atoms with Gasteiger partial charge in [-0.05, 0) is 19.3 Å². The van der Waals surface area contributed by atoms with Crippen LogP contribution in [0.2, 0.25) is 0 Å². The Morgan fingerprint density at radius 3 is 2.34 bits per heavy atom. The van der Waals surface area contributed by atoms with Crippen LogP contribution in [0.25, 0.3) is 0 Å². The lowest BCUT2D eigenvalue weighted by Gasteiger charge is -2.26. The number of amides is 3. The van der Waals surface area contributed by atoms with E-state index in [4.69, 9.17) is 10.5 Å². The molecule has 3 amide bonds. The molecule has 0 bridgehead atoms. The molecule has 2 atom stereocenters. The summed E-state index contributed by atoms with van der Waals surface area (Å²) >= 11 is 0. The molecule has 2 heterocycles. The number of hydrogen-bond donors (Lipinski definition) is 2. The third-order valence-corrected chi connectivity index (χ3v) is 6.27. The Morgan fingerprint density at radius 2 is 1.78 bits per heavy atom. The van der Waals surface area contributed by atoms with Gasteiger partial charge in [-0.15, -0.1) is 0 Å². The molecule has 1 aromatic rings. The molecule has 1 saturated heterocycles. The SMILES string of the molecule is CCCCn1c(N)c(N(CCOC)C(=O)CN2C(=O)[C@@H]3CCCC[C@H]3C2=O)c(=O)[nH]c1=O. The molecule has 1 aromatic heterocycles. The second kappa shape index (κ2) is 10.1. The van der Waals surface area contributed by atoms with Crippen LogP contribution in [0, 0.1) is 11.8 Å². The first kappa shape index (κ1) is 23.7. The highest BCUT2D eigenvalue weighted by Crippen LogP contribution is 2.38. The number of methoxy groups -OCH3 is 1. The monoisotopic (exact) mass is 449 g/mol. The zero-order valence-electron chi connectivity index (χ0n) is 18.6. The predicted octanol–water partition coefficient (Wildman–Crippen LogP) is 0.0735. The summed E-state index contributed by atoms with van der Waals surface area (Å²) in [5.41, 5.74) is 4.51. The Kier molecular flexibility index (Phi) is 7.49. The van der Waals surface area contributed by atoms with Gasteiger partial charge >= 0.3 is 5.69 Å². The quantitative estimate of drug-likeness (QED) is 0.507. The molecule has 11 nitrogen and oxygen atoms in total. The molecule has 0 radical (unpaired) electrons.